The molecule has 0 bridgehead atoms. The minimum absolute atomic E-state index is 0.0778. The van der Waals surface area contributed by atoms with Gasteiger partial charge < -0.3 is 10.8 Å². The second-order valence-electron chi connectivity index (χ2n) is 4.87. The largest absolute Gasteiger partial charge is 0.425 e. The summed E-state index contributed by atoms with van der Waals surface area (Å²) in [6.45, 7) is 3.07. The molecule has 0 radical (unpaired) electrons. The maximum Gasteiger partial charge on any atom is 0.425 e. The molecule has 0 fully saturated rings. The molecule has 1 atom stereocenters. The van der Waals surface area contributed by atoms with E-state index in [2.05, 4.69) is 0 Å². The van der Waals surface area contributed by atoms with Crippen LogP contribution in [0.1, 0.15) is 35.3 Å². The van der Waals surface area contributed by atoms with Crippen molar-refractivity contribution in [2.75, 3.05) is 0 Å². The van der Waals surface area contributed by atoms with Gasteiger partial charge in [0.2, 0.25) is 11.5 Å². The molecule has 112 valence electrons. The molecule has 1 aromatic rings. The van der Waals surface area contributed by atoms with Crippen LogP contribution in [0.4, 0.5) is 13.2 Å². The summed E-state index contributed by atoms with van der Waals surface area (Å²) < 4.78 is 40.4. The highest BCUT2D eigenvalue weighted by Crippen LogP contribution is 2.53. The number of halogens is 3. The predicted molar refractivity (Wildman–Crippen MR) is 72.3 cm³/mol. The van der Waals surface area contributed by atoms with Gasteiger partial charge in [-0.15, -0.1) is 0 Å². The van der Waals surface area contributed by atoms with Gasteiger partial charge in [0.25, 0.3) is 0 Å². The first-order valence-corrected chi connectivity index (χ1v) is 6.22. The number of hydrogen-bond acceptors (Lipinski definition) is 2. The minimum atomic E-state index is -4.91. The van der Waals surface area contributed by atoms with Gasteiger partial charge in [-0.2, -0.15) is 13.2 Å². The summed E-state index contributed by atoms with van der Waals surface area (Å²) in [5, 5.41) is 10.4. The molecule has 0 spiro atoms. The van der Waals surface area contributed by atoms with E-state index >= 15 is 0 Å². The van der Waals surface area contributed by atoms with Crippen molar-refractivity contribution in [3.63, 3.8) is 0 Å². The van der Waals surface area contributed by atoms with Crippen LogP contribution in [0.2, 0.25) is 0 Å². The number of rotatable bonds is 2. The topological polar surface area (TPSA) is 63.3 Å². The third kappa shape index (κ3) is 2.06. The molecule has 1 aliphatic rings. The van der Waals surface area contributed by atoms with E-state index in [1.165, 1.54) is 31.2 Å². The summed E-state index contributed by atoms with van der Waals surface area (Å²) in [6.07, 6.45) is -2.26. The molecule has 3 N–H and O–H groups in total. The van der Waals surface area contributed by atoms with Crippen LogP contribution in [0.15, 0.2) is 35.9 Å². The molecule has 0 aliphatic heterocycles. The van der Waals surface area contributed by atoms with E-state index in [9.17, 15) is 23.1 Å². The average molecular weight is 297 g/mol. The highest BCUT2D eigenvalue weighted by molar-refractivity contribution is 5.94. The Hall–Kier alpha value is -2.08. The average Bonchev–Trinajstić information content (AvgIpc) is 2.61. The maximum atomic E-state index is 13.5. The molecule has 1 aromatic carbocycles. The molecule has 21 heavy (non-hydrogen) atoms. The minimum Gasteiger partial charge on any atom is -0.372 e. The summed E-state index contributed by atoms with van der Waals surface area (Å²) in [6, 6.07) is 3.73. The van der Waals surface area contributed by atoms with Crippen LogP contribution in [0.3, 0.4) is 0 Å². The highest BCUT2D eigenvalue weighted by atomic mass is 19.4. The molecule has 6 heteroatoms. The molecule has 1 amide bonds. The quantitative estimate of drug-likeness (QED) is 0.881. The van der Waals surface area contributed by atoms with Gasteiger partial charge in [0.05, 0.1) is 0 Å². The first-order chi connectivity index (χ1) is 9.64. The molecule has 2 rings (SSSR count). The number of fused-ring (bicyclic) bond motifs is 1. The molecule has 0 aromatic heterocycles. The van der Waals surface area contributed by atoms with Crippen molar-refractivity contribution in [2.24, 2.45) is 5.73 Å². The zero-order chi connectivity index (χ0) is 16.0. The Labute approximate surface area is 119 Å². The summed E-state index contributed by atoms with van der Waals surface area (Å²) in [5.41, 5.74) is 1.86. The van der Waals surface area contributed by atoms with Crippen LogP contribution in [0, 0.1) is 0 Å². The lowest BCUT2D eigenvalue weighted by atomic mass is 9.88. The number of benzene rings is 1. The maximum absolute atomic E-state index is 13.5. The van der Waals surface area contributed by atoms with Crippen molar-refractivity contribution < 1.29 is 23.1 Å². The molecule has 0 saturated heterocycles. The van der Waals surface area contributed by atoms with Gasteiger partial charge in [-0.3, -0.25) is 4.79 Å². The van der Waals surface area contributed by atoms with E-state index in [-0.39, 0.29) is 22.3 Å². The molecular formula is C15H14F3NO2. The van der Waals surface area contributed by atoms with Crippen molar-refractivity contribution in [3.05, 3.63) is 52.6 Å². The number of hydrogen-bond donors (Lipinski definition) is 2. The molecular weight excluding hydrogens is 283 g/mol. The summed E-state index contributed by atoms with van der Waals surface area (Å²) in [4.78, 5) is 11.2. The van der Waals surface area contributed by atoms with Gasteiger partial charge in [0.1, 0.15) is 0 Å². The third-order valence-electron chi connectivity index (χ3n) is 3.64. The lowest BCUT2D eigenvalue weighted by molar-refractivity contribution is -0.247. The number of allylic oxidation sites excluding steroid dienone is 2. The Morgan fingerprint density at radius 1 is 1.38 bits per heavy atom. The van der Waals surface area contributed by atoms with Gasteiger partial charge in [0.15, 0.2) is 0 Å². The number of aliphatic hydroxyl groups is 1. The Balaban J connectivity index is 2.81. The van der Waals surface area contributed by atoms with Gasteiger partial charge in [0, 0.05) is 16.7 Å². The van der Waals surface area contributed by atoms with Crippen molar-refractivity contribution >= 4 is 11.5 Å². The first-order valence-electron chi connectivity index (χ1n) is 6.22. The molecule has 0 saturated carbocycles. The van der Waals surface area contributed by atoms with Crippen LogP contribution in [0.5, 0.6) is 0 Å². The van der Waals surface area contributed by atoms with Gasteiger partial charge in [-0.05, 0) is 37.1 Å². The predicted octanol–water partition coefficient (Wildman–Crippen LogP) is 2.90. The van der Waals surface area contributed by atoms with E-state index in [1.807, 2.05) is 0 Å². The number of primary amides is 1. The van der Waals surface area contributed by atoms with Gasteiger partial charge in [-0.1, -0.05) is 18.2 Å². The monoisotopic (exact) mass is 297 g/mol. The number of carbonyl (C=O) groups excluding carboxylic acids is 1. The Morgan fingerprint density at radius 2 is 2.00 bits per heavy atom. The first kappa shape index (κ1) is 15.3. The molecule has 0 heterocycles. The number of amides is 1. The second kappa shape index (κ2) is 4.73. The molecule has 3 nitrogen and oxygen atoms in total. The third-order valence-corrected chi connectivity index (χ3v) is 3.64. The normalized spacial score (nSPS) is 22.0. The lowest BCUT2D eigenvalue weighted by Crippen LogP contribution is -2.42. The van der Waals surface area contributed by atoms with Crippen LogP contribution in [0.25, 0.3) is 5.57 Å². The Kier molecular flexibility index (Phi) is 3.45. The Morgan fingerprint density at radius 3 is 2.48 bits per heavy atom. The van der Waals surface area contributed by atoms with E-state index in [4.69, 9.17) is 5.73 Å². The summed E-state index contributed by atoms with van der Waals surface area (Å²) in [7, 11) is 0. The summed E-state index contributed by atoms with van der Waals surface area (Å²) in [5.74, 6) is -0.848. The number of carbonyl (C=O) groups is 1. The molecule has 1 unspecified atom stereocenters. The Bertz CT molecular complexity index is 674. The SMILES string of the molecule is C/C=C\C1=C(C)c2ccc(C(N)=O)cc2C1(O)C(F)(F)F. The van der Waals surface area contributed by atoms with Crippen LogP contribution >= 0.6 is 0 Å². The standard InChI is InChI=1S/C15H14F3NO2/c1-3-4-11-8(2)10-6-5-9(13(19)20)7-12(10)14(11,21)15(16,17)18/h3-7,21H,1-2H3,(H2,19,20)/b4-3-. The van der Waals surface area contributed by atoms with E-state index in [0.29, 0.717) is 5.57 Å². The fraction of sp³-hybridized carbons (Fsp3) is 0.267. The van der Waals surface area contributed by atoms with E-state index in [1.54, 1.807) is 6.92 Å². The zero-order valence-corrected chi connectivity index (χ0v) is 11.5. The van der Waals surface area contributed by atoms with Crippen molar-refractivity contribution in [3.8, 4) is 0 Å². The van der Waals surface area contributed by atoms with Crippen molar-refractivity contribution in [1.82, 2.24) is 0 Å². The lowest BCUT2D eigenvalue weighted by Gasteiger charge is -2.29. The second-order valence-corrected chi connectivity index (χ2v) is 4.87. The molecule has 1 aliphatic carbocycles. The van der Waals surface area contributed by atoms with Gasteiger partial charge in [-0.25, -0.2) is 0 Å². The van der Waals surface area contributed by atoms with Crippen molar-refractivity contribution in [2.45, 2.75) is 25.6 Å². The van der Waals surface area contributed by atoms with Crippen molar-refractivity contribution in [1.29, 1.82) is 0 Å². The fourth-order valence-corrected chi connectivity index (χ4v) is 2.60. The van der Waals surface area contributed by atoms with Gasteiger partial charge >= 0.3 is 6.18 Å². The van der Waals surface area contributed by atoms with Crippen LogP contribution in [-0.2, 0) is 5.60 Å². The highest BCUT2D eigenvalue weighted by Gasteiger charge is 2.60. The fourth-order valence-electron chi connectivity index (χ4n) is 2.60. The number of alkyl halides is 3. The zero-order valence-electron chi connectivity index (χ0n) is 11.5. The van der Waals surface area contributed by atoms with E-state index in [0.717, 1.165) is 6.07 Å². The summed E-state index contributed by atoms with van der Waals surface area (Å²) >= 11 is 0. The van der Waals surface area contributed by atoms with E-state index < -0.39 is 17.7 Å². The van der Waals surface area contributed by atoms with Crippen LogP contribution < -0.4 is 5.73 Å². The number of nitrogens with two attached hydrogens (primary N) is 1. The van der Waals surface area contributed by atoms with Crippen LogP contribution in [-0.4, -0.2) is 17.2 Å². The smallest absolute Gasteiger partial charge is 0.372 e.